The Hall–Kier alpha value is -3.94. The molecule has 0 amide bonds. The van der Waals surface area contributed by atoms with Crippen molar-refractivity contribution in [3.63, 3.8) is 0 Å². The minimum Gasteiger partial charge on any atom is -0.478 e. The quantitative estimate of drug-likeness (QED) is 0.485. The summed E-state index contributed by atoms with van der Waals surface area (Å²) in [6, 6.07) is 12.8. The fraction of sp³-hybridized carbons (Fsp3) is 0. The lowest BCUT2D eigenvalue weighted by Crippen LogP contribution is -2.09. The highest BCUT2D eigenvalue weighted by Gasteiger charge is 2.19. The number of hydrogen-bond acceptors (Lipinski definition) is 4. The van der Waals surface area contributed by atoms with E-state index in [9.17, 15) is 28.6 Å². The van der Waals surface area contributed by atoms with Crippen LogP contribution in [0, 0.1) is 11.6 Å². The summed E-state index contributed by atoms with van der Waals surface area (Å²) in [7, 11) is 0. The summed E-state index contributed by atoms with van der Waals surface area (Å²) in [4.78, 5) is 23.3. The molecule has 0 fully saturated rings. The molecule has 0 aromatic heterocycles. The van der Waals surface area contributed by atoms with Gasteiger partial charge in [-0.25, -0.2) is 18.4 Å². The van der Waals surface area contributed by atoms with Crippen LogP contribution in [0.4, 0.5) is 31.5 Å². The molecule has 0 aliphatic carbocycles. The minimum absolute atomic E-state index is 0.0275. The maximum absolute atomic E-state index is 13.4. The smallest absolute Gasteiger partial charge is 0.337 e. The Balaban J connectivity index is 2.07. The molecule has 3 rings (SSSR count). The molecule has 0 aliphatic rings. The van der Waals surface area contributed by atoms with Crippen molar-refractivity contribution in [3.8, 4) is 0 Å². The van der Waals surface area contributed by atoms with Gasteiger partial charge in [0, 0.05) is 11.4 Å². The Morgan fingerprint density at radius 2 is 1.07 bits per heavy atom. The Kier molecular flexibility index (Phi) is 5.21. The lowest BCUT2D eigenvalue weighted by molar-refractivity contribution is 0.0683. The van der Waals surface area contributed by atoms with Gasteiger partial charge in [-0.2, -0.15) is 0 Å². The molecule has 3 aromatic rings. The summed E-state index contributed by atoms with van der Waals surface area (Å²) >= 11 is 0. The van der Waals surface area contributed by atoms with Crippen LogP contribution in [0.5, 0.6) is 0 Å². The fourth-order valence-corrected chi connectivity index (χ4v) is 2.60. The third kappa shape index (κ3) is 4.24. The van der Waals surface area contributed by atoms with Crippen LogP contribution in [0.3, 0.4) is 0 Å². The SMILES string of the molecule is O=C(O)c1cc(Nc2cccc(F)c2)c(C(=O)O)cc1Nc1cccc(F)c1. The average Bonchev–Trinajstić information content (AvgIpc) is 2.62. The van der Waals surface area contributed by atoms with Crippen molar-refractivity contribution in [2.24, 2.45) is 0 Å². The van der Waals surface area contributed by atoms with Crippen molar-refractivity contribution in [1.82, 2.24) is 0 Å². The summed E-state index contributed by atoms with van der Waals surface area (Å²) in [5.41, 5.74) is -0.0312. The van der Waals surface area contributed by atoms with Gasteiger partial charge in [-0.1, -0.05) is 12.1 Å². The monoisotopic (exact) mass is 384 g/mol. The van der Waals surface area contributed by atoms with Gasteiger partial charge in [-0.05, 0) is 48.5 Å². The number of nitrogens with one attached hydrogen (secondary N) is 2. The van der Waals surface area contributed by atoms with E-state index in [-0.39, 0.29) is 33.9 Å². The van der Waals surface area contributed by atoms with Gasteiger partial charge in [0.15, 0.2) is 0 Å². The molecule has 142 valence electrons. The first-order chi connectivity index (χ1) is 13.3. The van der Waals surface area contributed by atoms with E-state index in [2.05, 4.69) is 10.6 Å². The van der Waals surface area contributed by atoms with Gasteiger partial charge in [-0.15, -0.1) is 0 Å². The molecule has 8 heteroatoms. The Morgan fingerprint density at radius 1 is 0.679 bits per heavy atom. The number of carboxylic acid groups (broad SMARTS) is 2. The van der Waals surface area contributed by atoms with Crippen LogP contribution in [-0.2, 0) is 0 Å². The normalized spacial score (nSPS) is 10.4. The summed E-state index contributed by atoms with van der Waals surface area (Å²) < 4.78 is 26.8. The molecule has 28 heavy (non-hydrogen) atoms. The maximum atomic E-state index is 13.4. The standard InChI is InChI=1S/C20H14F2N2O4/c21-11-3-1-5-13(7-11)23-17-9-16(20(27)28)18(10-15(17)19(25)26)24-14-6-2-4-12(22)8-14/h1-10,23-24H,(H,25,26)(H,27,28). The van der Waals surface area contributed by atoms with E-state index in [1.165, 1.54) is 36.4 Å². The van der Waals surface area contributed by atoms with Gasteiger partial charge in [0.2, 0.25) is 0 Å². The molecule has 0 aliphatic heterocycles. The molecular formula is C20H14F2N2O4. The van der Waals surface area contributed by atoms with Crippen molar-refractivity contribution in [2.75, 3.05) is 10.6 Å². The average molecular weight is 384 g/mol. The van der Waals surface area contributed by atoms with Crippen LogP contribution in [0.15, 0.2) is 60.7 Å². The molecule has 0 bridgehead atoms. The Morgan fingerprint density at radius 3 is 1.39 bits per heavy atom. The van der Waals surface area contributed by atoms with Gasteiger partial charge >= 0.3 is 11.9 Å². The van der Waals surface area contributed by atoms with E-state index in [0.717, 1.165) is 24.3 Å². The van der Waals surface area contributed by atoms with Crippen LogP contribution in [-0.4, -0.2) is 22.2 Å². The van der Waals surface area contributed by atoms with E-state index in [1.54, 1.807) is 0 Å². The second-order valence-corrected chi connectivity index (χ2v) is 5.82. The van der Waals surface area contributed by atoms with Gasteiger partial charge in [0.05, 0.1) is 22.5 Å². The van der Waals surface area contributed by atoms with Crippen molar-refractivity contribution >= 4 is 34.7 Å². The topological polar surface area (TPSA) is 98.7 Å². The molecule has 6 nitrogen and oxygen atoms in total. The van der Waals surface area contributed by atoms with Gasteiger partial charge in [0.25, 0.3) is 0 Å². The van der Waals surface area contributed by atoms with Crippen molar-refractivity contribution in [1.29, 1.82) is 0 Å². The number of hydrogen-bond donors (Lipinski definition) is 4. The third-order valence-corrected chi connectivity index (χ3v) is 3.83. The van der Waals surface area contributed by atoms with E-state index in [4.69, 9.17) is 0 Å². The number of carbonyl (C=O) groups is 2. The number of carboxylic acids is 2. The highest BCUT2D eigenvalue weighted by molar-refractivity contribution is 6.03. The Labute approximate surface area is 158 Å². The lowest BCUT2D eigenvalue weighted by Gasteiger charge is -2.15. The number of benzene rings is 3. The fourth-order valence-electron chi connectivity index (χ4n) is 2.60. The molecule has 0 heterocycles. The highest BCUT2D eigenvalue weighted by Crippen LogP contribution is 2.30. The van der Waals surface area contributed by atoms with Crippen molar-refractivity contribution in [2.45, 2.75) is 0 Å². The van der Waals surface area contributed by atoms with Gasteiger partial charge in [0.1, 0.15) is 11.6 Å². The molecular weight excluding hydrogens is 370 g/mol. The largest absolute Gasteiger partial charge is 0.478 e. The molecule has 0 spiro atoms. The first-order valence-corrected chi connectivity index (χ1v) is 8.03. The van der Waals surface area contributed by atoms with Crippen molar-refractivity contribution < 1.29 is 28.6 Å². The summed E-state index contributed by atoms with van der Waals surface area (Å²) in [5.74, 6) is -3.72. The Bertz CT molecular complexity index is 985. The second kappa shape index (κ2) is 7.75. The highest BCUT2D eigenvalue weighted by atomic mass is 19.1. The molecule has 0 radical (unpaired) electrons. The van der Waals surface area contributed by atoms with E-state index in [1.807, 2.05) is 0 Å². The number of anilines is 4. The number of rotatable bonds is 6. The van der Waals surface area contributed by atoms with Gasteiger partial charge in [-0.3, -0.25) is 0 Å². The molecule has 0 saturated heterocycles. The van der Waals surface area contributed by atoms with Crippen LogP contribution >= 0.6 is 0 Å². The molecule has 4 N–H and O–H groups in total. The maximum Gasteiger partial charge on any atom is 0.337 e. The number of aromatic carboxylic acids is 2. The first-order valence-electron chi connectivity index (χ1n) is 8.03. The van der Waals surface area contributed by atoms with E-state index in [0.29, 0.717) is 0 Å². The summed E-state index contributed by atoms with van der Waals surface area (Å²) in [5, 5.41) is 24.5. The van der Waals surface area contributed by atoms with Gasteiger partial charge < -0.3 is 20.8 Å². The molecule has 0 saturated carbocycles. The second-order valence-electron chi connectivity index (χ2n) is 5.82. The van der Waals surface area contributed by atoms with Crippen LogP contribution < -0.4 is 10.6 Å². The molecule has 0 atom stereocenters. The van der Waals surface area contributed by atoms with Crippen molar-refractivity contribution in [3.05, 3.63) is 83.4 Å². The zero-order chi connectivity index (χ0) is 20.3. The summed E-state index contributed by atoms with van der Waals surface area (Å²) in [6.07, 6.45) is 0. The molecule has 3 aromatic carbocycles. The summed E-state index contributed by atoms with van der Waals surface area (Å²) in [6.45, 7) is 0. The predicted molar refractivity (Wildman–Crippen MR) is 99.7 cm³/mol. The van der Waals surface area contributed by atoms with Crippen LogP contribution in [0.25, 0.3) is 0 Å². The first kappa shape index (κ1) is 18.8. The lowest BCUT2D eigenvalue weighted by atomic mass is 10.0. The molecule has 0 unspecified atom stereocenters. The van der Waals surface area contributed by atoms with E-state index >= 15 is 0 Å². The van der Waals surface area contributed by atoms with E-state index < -0.39 is 23.6 Å². The number of halogens is 2. The van der Waals surface area contributed by atoms with Crippen LogP contribution in [0.1, 0.15) is 20.7 Å². The predicted octanol–water partition coefficient (Wildman–Crippen LogP) is 4.85. The third-order valence-electron chi connectivity index (χ3n) is 3.83. The minimum atomic E-state index is -1.32. The van der Waals surface area contributed by atoms with Crippen LogP contribution in [0.2, 0.25) is 0 Å². The zero-order valence-electron chi connectivity index (χ0n) is 14.2. The zero-order valence-corrected chi connectivity index (χ0v) is 14.2.